The smallest absolute Gasteiger partial charge is 0.224 e. The zero-order valence-electron chi connectivity index (χ0n) is 10.7. The molecule has 0 atom stereocenters. The maximum Gasteiger partial charge on any atom is 0.224 e. The summed E-state index contributed by atoms with van der Waals surface area (Å²) >= 11 is 0. The van der Waals surface area contributed by atoms with Gasteiger partial charge in [0.2, 0.25) is 5.91 Å². The summed E-state index contributed by atoms with van der Waals surface area (Å²) in [5.74, 6) is 0.0228. The SMILES string of the molecule is Cc1cc(C)cc(NC(=O)CCc2cnc[nH]2)c1. The van der Waals surface area contributed by atoms with Gasteiger partial charge in [-0.05, 0) is 43.5 Å². The first kappa shape index (κ1) is 12.4. The second kappa shape index (κ2) is 5.49. The van der Waals surface area contributed by atoms with Gasteiger partial charge in [0.15, 0.2) is 0 Å². The molecule has 2 N–H and O–H groups in total. The van der Waals surface area contributed by atoms with Crippen molar-refractivity contribution in [3.8, 4) is 0 Å². The number of hydrogen-bond acceptors (Lipinski definition) is 2. The quantitative estimate of drug-likeness (QED) is 0.867. The van der Waals surface area contributed by atoms with Crippen molar-refractivity contribution in [2.75, 3.05) is 5.32 Å². The molecular weight excluding hydrogens is 226 g/mol. The van der Waals surface area contributed by atoms with Gasteiger partial charge < -0.3 is 10.3 Å². The van der Waals surface area contributed by atoms with Crippen LogP contribution in [0.3, 0.4) is 0 Å². The molecule has 0 spiro atoms. The molecule has 4 nitrogen and oxygen atoms in total. The van der Waals surface area contributed by atoms with Crippen LogP contribution in [0.4, 0.5) is 5.69 Å². The lowest BCUT2D eigenvalue weighted by atomic mass is 10.1. The Morgan fingerprint density at radius 3 is 2.61 bits per heavy atom. The molecule has 0 saturated heterocycles. The van der Waals surface area contributed by atoms with Gasteiger partial charge in [-0.3, -0.25) is 4.79 Å². The fourth-order valence-corrected chi connectivity index (χ4v) is 1.94. The number of carbonyl (C=O) groups is 1. The first-order chi connectivity index (χ1) is 8.63. The molecule has 2 aromatic rings. The van der Waals surface area contributed by atoms with E-state index >= 15 is 0 Å². The molecule has 0 aliphatic heterocycles. The minimum absolute atomic E-state index is 0.0228. The van der Waals surface area contributed by atoms with Crippen molar-refractivity contribution in [2.45, 2.75) is 26.7 Å². The van der Waals surface area contributed by atoms with Gasteiger partial charge >= 0.3 is 0 Å². The topological polar surface area (TPSA) is 57.8 Å². The molecule has 94 valence electrons. The highest BCUT2D eigenvalue weighted by Crippen LogP contribution is 2.14. The second-order valence-corrected chi connectivity index (χ2v) is 4.50. The van der Waals surface area contributed by atoms with E-state index in [-0.39, 0.29) is 5.91 Å². The normalized spacial score (nSPS) is 10.3. The van der Waals surface area contributed by atoms with E-state index in [1.165, 1.54) is 0 Å². The van der Waals surface area contributed by atoms with Gasteiger partial charge in [-0.2, -0.15) is 0 Å². The van der Waals surface area contributed by atoms with Gasteiger partial charge in [0, 0.05) is 24.0 Å². The van der Waals surface area contributed by atoms with Crippen LogP contribution in [-0.2, 0) is 11.2 Å². The Labute approximate surface area is 106 Å². The lowest BCUT2D eigenvalue weighted by Gasteiger charge is -2.07. The molecule has 1 aromatic heterocycles. The van der Waals surface area contributed by atoms with E-state index in [0.717, 1.165) is 22.5 Å². The predicted molar refractivity (Wildman–Crippen MR) is 71.5 cm³/mol. The maximum atomic E-state index is 11.8. The molecule has 4 heteroatoms. The van der Waals surface area contributed by atoms with Crippen molar-refractivity contribution in [1.82, 2.24) is 9.97 Å². The van der Waals surface area contributed by atoms with Crippen molar-refractivity contribution in [3.63, 3.8) is 0 Å². The highest BCUT2D eigenvalue weighted by molar-refractivity contribution is 5.90. The Morgan fingerprint density at radius 2 is 2.00 bits per heavy atom. The summed E-state index contributed by atoms with van der Waals surface area (Å²) in [6, 6.07) is 6.03. The maximum absolute atomic E-state index is 11.8. The van der Waals surface area contributed by atoms with Crippen LogP contribution in [0.25, 0.3) is 0 Å². The third-order valence-corrected chi connectivity index (χ3v) is 2.68. The van der Waals surface area contributed by atoms with Crippen LogP contribution in [0.15, 0.2) is 30.7 Å². The summed E-state index contributed by atoms with van der Waals surface area (Å²) in [6.07, 6.45) is 4.49. The van der Waals surface area contributed by atoms with E-state index in [0.29, 0.717) is 12.8 Å². The lowest BCUT2D eigenvalue weighted by molar-refractivity contribution is -0.116. The number of nitrogens with one attached hydrogen (secondary N) is 2. The van der Waals surface area contributed by atoms with E-state index in [2.05, 4.69) is 21.4 Å². The minimum atomic E-state index is 0.0228. The Hall–Kier alpha value is -2.10. The molecule has 0 fully saturated rings. The summed E-state index contributed by atoms with van der Waals surface area (Å²) in [4.78, 5) is 18.7. The highest BCUT2D eigenvalue weighted by atomic mass is 16.1. The molecule has 0 aliphatic rings. The van der Waals surface area contributed by atoms with Gasteiger partial charge in [0.1, 0.15) is 0 Å². The molecule has 0 unspecified atom stereocenters. The molecule has 0 radical (unpaired) electrons. The summed E-state index contributed by atoms with van der Waals surface area (Å²) < 4.78 is 0. The van der Waals surface area contributed by atoms with E-state index in [4.69, 9.17) is 0 Å². The van der Waals surface area contributed by atoms with Gasteiger partial charge in [-0.1, -0.05) is 6.07 Å². The molecule has 0 bridgehead atoms. The number of amides is 1. The number of H-pyrrole nitrogens is 1. The number of hydrogen-bond donors (Lipinski definition) is 2. The number of imidazole rings is 1. The standard InChI is InChI=1S/C14H17N3O/c1-10-5-11(2)7-13(6-10)17-14(18)4-3-12-8-15-9-16-12/h5-9H,3-4H2,1-2H3,(H,15,16)(H,17,18). The van der Waals surface area contributed by atoms with Crippen LogP contribution < -0.4 is 5.32 Å². The second-order valence-electron chi connectivity index (χ2n) is 4.50. The summed E-state index contributed by atoms with van der Waals surface area (Å²) in [7, 11) is 0. The molecular formula is C14H17N3O. The van der Waals surface area contributed by atoms with Crippen LogP contribution in [0, 0.1) is 13.8 Å². The number of benzene rings is 1. The van der Waals surface area contributed by atoms with E-state index < -0.39 is 0 Å². The fraction of sp³-hybridized carbons (Fsp3) is 0.286. The summed E-state index contributed by atoms with van der Waals surface area (Å²) in [5, 5.41) is 2.91. The zero-order valence-corrected chi connectivity index (χ0v) is 10.7. The van der Waals surface area contributed by atoms with Crippen LogP contribution in [0.2, 0.25) is 0 Å². The predicted octanol–water partition coefficient (Wildman–Crippen LogP) is 2.60. The number of aromatic amines is 1. The first-order valence-electron chi connectivity index (χ1n) is 5.99. The van der Waals surface area contributed by atoms with Crippen molar-refractivity contribution < 1.29 is 4.79 Å². The summed E-state index contributed by atoms with van der Waals surface area (Å²) in [5.41, 5.74) is 4.14. The fourth-order valence-electron chi connectivity index (χ4n) is 1.94. The van der Waals surface area contributed by atoms with Crippen molar-refractivity contribution >= 4 is 11.6 Å². The monoisotopic (exact) mass is 243 g/mol. The Kier molecular flexibility index (Phi) is 3.77. The number of nitrogens with zero attached hydrogens (tertiary/aromatic N) is 1. The largest absolute Gasteiger partial charge is 0.348 e. The molecule has 0 saturated carbocycles. The first-order valence-corrected chi connectivity index (χ1v) is 5.99. The van der Waals surface area contributed by atoms with Crippen LogP contribution >= 0.6 is 0 Å². The Bertz CT molecular complexity index is 512. The van der Waals surface area contributed by atoms with Crippen LogP contribution in [-0.4, -0.2) is 15.9 Å². The Morgan fingerprint density at radius 1 is 1.28 bits per heavy atom. The average Bonchev–Trinajstić information content (AvgIpc) is 2.77. The number of carbonyl (C=O) groups excluding carboxylic acids is 1. The molecule has 18 heavy (non-hydrogen) atoms. The third kappa shape index (κ3) is 3.45. The van der Waals surface area contributed by atoms with Crippen molar-refractivity contribution in [1.29, 1.82) is 0 Å². The summed E-state index contributed by atoms with van der Waals surface area (Å²) in [6.45, 7) is 4.04. The average molecular weight is 243 g/mol. The molecule has 1 amide bonds. The van der Waals surface area contributed by atoms with E-state index in [1.807, 2.05) is 26.0 Å². The van der Waals surface area contributed by atoms with Gasteiger partial charge in [-0.25, -0.2) is 4.98 Å². The molecule has 2 rings (SSSR count). The Balaban J connectivity index is 1.90. The molecule has 1 aromatic carbocycles. The molecule has 0 aliphatic carbocycles. The van der Waals surface area contributed by atoms with Gasteiger partial charge in [0.05, 0.1) is 6.33 Å². The third-order valence-electron chi connectivity index (χ3n) is 2.68. The van der Waals surface area contributed by atoms with Gasteiger partial charge in [-0.15, -0.1) is 0 Å². The molecule has 1 heterocycles. The lowest BCUT2D eigenvalue weighted by Crippen LogP contribution is -2.12. The highest BCUT2D eigenvalue weighted by Gasteiger charge is 2.04. The van der Waals surface area contributed by atoms with Gasteiger partial charge in [0.25, 0.3) is 0 Å². The minimum Gasteiger partial charge on any atom is -0.348 e. The zero-order chi connectivity index (χ0) is 13.0. The van der Waals surface area contributed by atoms with E-state index in [1.54, 1.807) is 12.5 Å². The van der Waals surface area contributed by atoms with Crippen LogP contribution in [0.5, 0.6) is 0 Å². The van der Waals surface area contributed by atoms with Crippen molar-refractivity contribution in [3.05, 3.63) is 47.5 Å². The number of aromatic nitrogens is 2. The number of anilines is 1. The number of aryl methyl sites for hydroxylation is 3. The van der Waals surface area contributed by atoms with E-state index in [9.17, 15) is 4.79 Å². The van der Waals surface area contributed by atoms with Crippen LogP contribution in [0.1, 0.15) is 23.2 Å². The van der Waals surface area contributed by atoms with Crippen molar-refractivity contribution in [2.24, 2.45) is 0 Å². The number of rotatable bonds is 4.